The molecule has 14 nitrogen and oxygen atoms in total. The van der Waals surface area contributed by atoms with Crippen LogP contribution in [0, 0.1) is 11.8 Å². The van der Waals surface area contributed by atoms with Crippen LogP contribution >= 0.6 is 0 Å². The molecule has 0 spiro atoms. The number of hydrogen-bond acceptors (Lipinski definition) is 9. The van der Waals surface area contributed by atoms with Crippen LogP contribution < -0.4 is 15.4 Å². The van der Waals surface area contributed by atoms with Crippen molar-refractivity contribution < 1.29 is 41.9 Å². The van der Waals surface area contributed by atoms with Crippen LogP contribution in [0.1, 0.15) is 93.7 Å². The predicted octanol–water partition coefficient (Wildman–Crippen LogP) is 3.65. The number of benzene rings is 1. The maximum atomic E-state index is 14.6. The molecule has 1 aromatic rings. The molecule has 3 saturated carbocycles. The largest absolute Gasteiger partial charge is 0.450 e. The summed E-state index contributed by atoms with van der Waals surface area (Å²) in [6.45, 7) is 4.54. The molecule has 53 heavy (non-hydrogen) atoms. The molecule has 5 amide bonds. The highest BCUT2D eigenvalue weighted by Gasteiger charge is 2.62. The zero-order valence-electron chi connectivity index (χ0n) is 29.9. The Bertz CT molecular complexity index is 1790. The number of nitrogens with zero attached hydrogens (tertiary/aromatic N) is 2. The number of carbonyl (C=O) groups is 5. The molecule has 5 atom stereocenters. The number of allylic oxidation sites excluding steroid dienone is 1. The summed E-state index contributed by atoms with van der Waals surface area (Å²) in [5.74, 6) is -2.77. The monoisotopic (exact) mass is 751 g/mol. The predicted molar refractivity (Wildman–Crippen MR) is 193 cm³/mol. The van der Waals surface area contributed by atoms with E-state index in [1.807, 2.05) is 24.3 Å². The van der Waals surface area contributed by atoms with E-state index >= 15 is 0 Å². The summed E-state index contributed by atoms with van der Waals surface area (Å²) < 4.78 is 39.1. The van der Waals surface area contributed by atoms with Gasteiger partial charge in [-0.05, 0) is 74.0 Å². The summed E-state index contributed by atoms with van der Waals surface area (Å²) in [7, 11) is -3.90. The second-order valence-electron chi connectivity index (χ2n) is 15.3. The van der Waals surface area contributed by atoms with Gasteiger partial charge in [-0.2, -0.15) is 0 Å². The number of hydrogen-bond donors (Lipinski definition) is 3. The Morgan fingerprint density at radius 3 is 2.55 bits per heavy atom. The van der Waals surface area contributed by atoms with Crippen molar-refractivity contribution in [1.82, 2.24) is 25.2 Å². The van der Waals surface area contributed by atoms with Gasteiger partial charge in [0.05, 0.1) is 24.9 Å². The van der Waals surface area contributed by atoms with Gasteiger partial charge in [0.1, 0.15) is 23.7 Å². The molecule has 15 heteroatoms. The van der Waals surface area contributed by atoms with Crippen molar-refractivity contribution in [3.8, 4) is 0 Å². The molecular formula is C38H49N5O9S. The van der Waals surface area contributed by atoms with Crippen LogP contribution in [0.3, 0.4) is 0 Å². The molecule has 286 valence electrons. The minimum absolute atomic E-state index is 0.0588. The fourth-order valence-corrected chi connectivity index (χ4v) is 9.64. The van der Waals surface area contributed by atoms with E-state index in [-0.39, 0.29) is 31.9 Å². The van der Waals surface area contributed by atoms with Gasteiger partial charge in [0, 0.05) is 18.9 Å². The Kier molecular flexibility index (Phi) is 10.6. The zero-order chi connectivity index (χ0) is 37.3. The third-order valence-electron chi connectivity index (χ3n) is 11.6. The molecule has 1 saturated heterocycles. The number of ether oxygens (including phenoxy) is 2. The second kappa shape index (κ2) is 15.2. The summed E-state index contributed by atoms with van der Waals surface area (Å²) >= 11 is 0. The summed E-state index contributed by atoms with van der Waals surface area (Å²) in [6, 6.07) is 3.76. The highest BCUT2D eigenvalue weighted by atomic mass is 32.2. The fourth-order valence-electron chi connectivity index (χ4n) is 8.28. The molecule has 0 radical (unpaired) electrons. The molecule has 7 rings (SSSR count). The average molecular weight is 752 g/mol. The van der Waals surface area contributed by atoms with Crippen molar-refractivity contribution in [2.75, 3.05) is 13.2 Å². The first kappa shape index (κ1) is 36.9. The number of carbonyl (C=O) groups excluding carboxylic acids is 5. The van der Waals surface area contributed by atoms with Gasteiger partial charge in [0.15, 0.2) is 0 Å². The van der Waals surface area contributed by atoms with Crippen LogP contribution in [0.5, 0.6) is 0 Å². The first-order chi connectivity index (χ1) is 25.5. The van der Waals surface area contributed by atoms with Gasteiger partial charge in [0.2, 0.25) is 21.8 Å². The van der Waals surface area contributed by atoms with E-state index in [4.69, 9.17) is 9.47 Å². The molecule has 0 unspecified atom stereocenters. The first-order valence-electron chi connectivity index (χ1n) is 19.0. The molecule has 3 N–H and O–H groups in total. The van der Waals surface area contributed by atoms with Gasteiger partial charge < -0.3 is 25.0 Å². The van der Waals surface area contributed by atoms with Crippen LogP contribution in [0.25, 0.3) is 6.08 Å². The van der Waals surface area contributed by atoms with Crippen LogP contribution in [-0.4, -0.2) is 90.3 Å². The molecule has 4 bridgehead atoms. The minimum atomic E-state index is -3.90. The van der Waals surface area contributed by atoms with Gasteiger partial charge >= 0.3 is 12.2 Å². The number of cyclic esters (lactones) is 1. The van der Waals surface area contributed by atoms with Crippen molar-refractivity contribution >= 4 is 46.0 Å². The lowest BCUT2D eigenvalue weighted by atomic mass is 9.83. The van der Waals surface area contributed by atoms with E-state index < -0.39 is 74.8 Å². The Hall–Kier alpha value is -4.40. The first-order valence-corrected chi connectivity index (χ1v) is 20.5. The number of alkyl carbamates (subject to hydrolysis) is 1. The van der Waals surface area contributed by atoms with E-state index in [0.29, 0.717) is 45.2 Å². The number of sulfonamides is 1. The third-order valence-corrected chi connectivity index (χ3v) is 13.4. The molecule has 3 aliphatic heterocycles. The van der Waals surface area contributed by atoms with Gasteiger partial charge in [-0.25, -0.2) is 18.0 Å². The Labute approximate surface area is 310 Å². The number of rotatable bonds is 7. The Morgan fingerprint density at radius 1 is 1.02 bits per heavy atom. The quantitative estimate of drug-likeness (QED) is 0.351. The summed E-state index contributed by atoms with van der Waals surface area (Å²) in [6.07, 6.45) is 10.8. The lowest BCUT2D eigenvalue weighted by molar-refractivity contribution is -0.142. The maximum Gasteiger partial charge on any atom is 0.410 e. The smallest absolute Gasteiger partial charge is 0.410 e. The highest BCUT2D eigenvalue weighted by molar-refractivity contribution is 7.91. The maximum absolute atomic E-state index is 14.6. The summed E-state index contributed by atoms with van der Waals surface area (Å²) in [5.41, 5.74) is 1.48. The van der Waals surface area contributed by atoms with Gasteiger partial charge in [-0.3, -0.25) is 24.0 Å². The van der Waals surface area contributed by atoms with Crippen molar-refractivity contribution in [3.63, 3.8) is 0 Å². The number of nitrogens with one attached hydrogen (secondary N) is 3. The van der Waals surface area contributed by atoms with Crippen LogP contribution in [0.15, 0.2) is 36.9 Å². The highest BCUT2D eigenvalue weighted by Crippen LogP contribution is 2.45. The Morgan fingerprint density at radius 2 is 1.81 bits per heavy atom. The molecule has 3 aliphatic carbocycles. The minimum Gasteiger partial charge on any atom is -0.450 e. The van der Waals surface area contributed by atoms with E-state index in [2.05, 4.69) is 28.0 Å². The molecular weight excluding hydrogens is 703 g/mol. The summed E-state index contributed by atoms with van der Waals surface area (Å²) in [5, 5.41) is 4.95. The molecule has 6 aliphatic rings. The second-order valence-corrected chi connectivity index (χ2v) is 17.3. The van der Waals surface area contributed by atoms with E-state index in [1.54, 1.807) is 4.90 Å². The van der Waals surface area contributed by atoms with E-state index in [0.717, 1.165) is 48.8 Å². The van der Waals surface area contributed by atoms with E-state index in [9.17, 15) is 32.4 Å². The van der Waals surface area contributed by atoms with Crippen LogP contribution in [-0.2, 0) is 47.0 Å². The van der Waals surface area contributed by atoms with Crippen LogP contribution in [0.2, 0.25) is 0 Å². The normalized spacial score (nSPS) is 30.4. The van der Waals surface area contributed by atoms with Gasteiger partial charge in [0.25, 0.3) is 5.91 Å². The SMILES string of the molecule is C=C[C@@H]1C[C@]1(NC(=O)[C@@H]1C[C@@H]2CN1C(=O)[C@H](C1CCCCC1)NC(=O)OCCCC/C=C/c1cccc3c1CN(C3)C(=O)O2)C(=O)NS(=O)(=O)C1CC1. The van der Waals surface area contributed by atoms with E-state index in [1.165, 1.54) is 11.0 Å². The Balaban J connectivity index is 1.16. The standard InChI is InChI=1S/C38H49N5O9S/c1-2-27-20-38(27,35(46)41-53(49,50)29-16-17-29)40-33(44)31-19-28-22-43(31)34(45)32(25-12-7-5-8-13-25)39-36(47)51-18-9-4-3-6-11-24-14-10-15-26-21-42(23-30(24)26)37(48)52-28/h2,6,10-11,14-15,25,27-29,31-32H,1,3-5,7-9,12-13,16-23H2,(H,39,47)(H,40,44)(H,41,46)/b11-6+/t27-,28-,31+,32+,38-/m1/s1. The zero-order valence-corrected chi connectivity index (χ0v) is 30.7. The molecule has 1 aromatic carbocycles. The van der Waals surface area contributed by atoms with Crippen molar-refractivity contribution in [3.05, 3.63) is 53.6 Å². The third kappa shape index (κ3) is 7.95. The van der Waals surface area contributed by atoms with Crippen molar-refractivity contribution in [2.45, 2.75) is 119 Å². The number of amides is 5. The molecule has 0 aromatic heterocycles. The van der Waals surface area contributed by atoms with Crippen LogP contribution in [0.4, 0.5) is 9.59 Å². The lowest BCUT2D eigenvalue weighted by Crippen LogP contribution is -2.59. The molecule has 3 heterocycles. The van der Waals surface area contributed by atoms with Crippen molar-refractivity contribution in [1.29, 1.82) is 0 Å². The molecule has 4 fully saturated rings. The average Bonchev–Trinajstić information content (AvgIpc) is 4.04. The number of fused-ring (bicyclic) bond motifs is 3. The van der Waals surface area contributed by atoms with Gasteiger partial charge in [-0.15, -0.1) is 6.58 Å². The summed E-state index contributed by atoms with van der Waals surface area (Å²) in [4.78, 5) is 72.1. The van der Waals surface area contributed by atoms with Crippen molar-refractivity contribution in [2.24, 2.45) is 11.8 Å². The topological polar surface area (TPSA) is 181 Å². The fraction of sp³-hybridized carbons (Fsp3) is 0.605. The lowest BCUT2D eigenvalue weighted by Gasteiger charge is -2.34. The van der Waals surface area contributed by atoms with Gasteiger partial charge in [-0.1, -0.05) is 55.7 Å².